The molecule has 0 aliphatic carbocycles. The van der Waals surface area contributed by atoms with E-state index in [9.17, 15) is 8.42 Å². The van der Waals surface area contributed by atoms with Crippen molar-refractivity contribution in [2.75, 3.05) is 0 Å². The van der Waals surface area contributed by atoms with Gasteiger partial charge in [-0.15, -0.1) is 10.2 Å². The van der Waals surface area contributed by atoms with Crippen LogP contribution in [0.5, 0.6) is 0 Å². The number of tetrazole rings is 1. The lowest BCUT2D eigenvalue weighted by atomic mass is 10.1. The third kappa shape index (κ3) is 3.24. The standard InChI is InChI=1S/C17H13N5O3S/c23-26(24,15-6-4-13(5-7-15)16-9-18-11-25-16)10-12-2-1-3-14(8-12)17-19-21-22-20-17/h1-9,11H,10H2,(H,19,20,21,22). The normalized spacial score (nSPS) is 11.5. The van der Waals surface area contributed by atoms with Gasteiger partial charge in [0.25, 0.3) is 0 Å². The molecular formula is C17H13N5O3S. The van der Waals surface area contributed by atoms with Crippen molar-refractivity contribution in [1.29, 1.82) is 0 Å². The largest absolute Gasteiger partial charge is 0.444 e. The summed E-state index contributed by atoms with van der Waals surface area (Å²) in [5.41, 5.74) is 2.11. The Morgan fingerprint density at radius 1 is 1.04 bits per heavy atom. The maximum atomic E-state index is 12.7. The summed E-state index contributed by atoms with van der Waals surface area (Å²) in [6.07, 6.45) is 2.91. The number of H-pyrrole nitrogens is 1. The SMILES string of the molecule is O=S(=O)(Cc1cccc(-c2nn[nH]n2)c1)c1ccc(-c2cnco2)cc1. The van der Waals surface area contributed by atoms with Gasteiger partial charge in [-0.2, -0.15) is 5.21 Å². The number of hydrogen-bond acceptors (Lipinski definition) is 7. The summed E-state index contributed by atoms with van der Waals surface area (Å²) >= 11 is 0. The molecule has 0 radical (unpaired) electrons. The van der Waals surface area contributed by atoms with E-state index in [4.69, 9.17) is 4.42 Å². The predicted molar refractivity (Wildman–Crippen MR) is 92.4 cm³/mol. The minimum atomic E-state index is -3.49. The van der Waals surface area contributed by atoms with Crippen molar-refractivity contribution >= 4 is 9.84 Å². The second-order valence-electron chi connectivity index (χ2n) is 5.58. The van der Waals surface area contributed by atoms with Crippen molar-refractivity contribution in [1.82, 2.24) is 25.6 Å². The Bertz CT molecular complexity index is 1110. The van der Waals surface area contributed by atoms with Crippen LogP contribution < -0.4 is 0 Å². The van der Waals surface area contributed by atoms with Crippen LogP contribution in [0.4, 0.5) is 0 Å². The molecule has 4 rings (SSSR count). The van der Waals surface area contributed by atoms with E-state index in [0.717, 1.165) is 5.56 Å². The fourth-order valence-corrected chi connectivity index (χ4v) is 3.91. The fourth-order valence-electron chi connectivity index (χ4n) is 2.57. The van der Waals surface area contributed by atoms with Crippen molar-refractivity contribution in [3.63, 3.8) is 0 Å². The van der Waals surface area contributed by atoms with Gasteiger partial charge in [-0.05, 0) is 41.1 Å². The van der Waals surface area contributed by atoms with E-state index in [1.165, 1.54) is 6.39 Å². The third-order valence-electron chi connectivity index (χ3n) is 3.82. The quantitative estimate of drug-likeness (QED) is 0.576. The lowest BCUT2D eigenvalue weighted by Gasteiger charge is -2.06. The Labute approximate surface area is 148 Å². The highest BCUT2D eigenvalue weighted by atomic mass is 32.2. The molecule has 4 aromatic rings. The molecule has 0 unspecified atom stereocenters. The second kappa shape index (κ2) is 6.52. The highest BCUT2D eigenvalue weighted by molar-refractivity contribution is 7.90. The zero-order valence-electron chi connectivity index (χ0n) is 13.4. The average Bonchev–Trinajstić information content (AvgIpc) is 3.36. The molecule has 0 fully saturated rings. The molecule has 0 bridgehead atoms. The Kier molecular flexibility index (Phi) is 4.05. The molecule has 0 spiro atoms. The summed E-state index contributed by atoms with van der Waals surface area (Å²) in [6, 6.07) is 13.6. The van der Waals surface area contributed by atoms with Crippen LogP contribution >= 0.6 is 0 Å². The molecular weight excluding hydrogens is 354 g/mol. The minimum absolute atomic E-state index is 0.125. The summed E-state index contributed by atoms with van der Waals surface area (Å²) in [7, 11) is -3.49. The first kappa shape index (κ1) is 16.2. The zero-order chi connectivity index (χ0) is 18.0. The van der Waals surface area contributed by atoms with Gasteiger partial charge in [0.05, 0.1) is 16.8 Å². The highest BCUT2D eigenvalue weighted by Crippen LogP contribution is 2.24. The van der Waals surface area contributed by atoms with E-state index in [1.807, 2.05) is 0 Å². The summed E-state index contributed by atoms with van der Waals surface area (Å²) in [6.45, 7) is 0. The monoisotopic (exact) mass is 367 g/mol. The van der Waals surface area contributed by atoms with Crippen LogP contribution in [-0.2, 0) is 15.6 Å². The van der Waals surface area contributed by atoms with Crippen molar-refractivity contribution in [2.45, 2.75) is 10.6 Å². The number of aromatic amines is 1. The molecule has 8 nitrogen and oxygen atoms in total. The molecule has 2 aromatic heterocycles. The minimum Gasteiger partial charge on any atom is -0.444 e. The number of benzene rings is 2. The molecule has 0 aliphatic heterocycles. The van der Waals surface area contributed by atoms with Gasteiger partial charge in [0.15, 0.2) is 22.0 Å². The van der Waals surface area contributed by atoms with Crippen LogP contribution in [0, 0.1) is 0 Å². The zero-order valence-corrected chi connectivity index (χ0v) is 14.2. The van der Waals surface area contributed by atoms with Gasteiger partial charge in [-0.1, -0.05) is 18.2 Å². The van der Waals surface area contributed by atoms with E-state index in [1.54, 1.807) is 54.7 Å². The van der Waals surface area contributed by atoms with Gasteiger partial charge in [-0.3, -0.25) is 0 Å². The molecule has 130 valence electrons. The third-order valence-corrected chi connectivity index (χ3v) is 5.52. The van der Waals surface area contributed by atoms with E-state index in [2.05, 4.69) is 25.6 Å². The van der Waals surface area contributed by atoms with Crippen LogP contribution in [0.15, 0.2) is 70.4 Å². The summed E-state index contributed by atoms with van der Waals surface area (Å²) < 4.78 is 30.6. The first-order valence-electron chi connectivity index (χ1n) is 7.66. The van der Waals surface area contributed by atoms with Crippen LogP contribution in [0.2, 0.25) is 0 Å². The van der Waals surface area contributed by atoms with E-state index >= 15 is 0 Å². The number of nitrogens with one attached hydrogen (secondary N) is 1. The first-order chi connectivity index (χ1) is 12.6. The number of nitrogens with zero attached hydrogens (tertiary/aromatic N) is 4. The summed E-state index contributed by atoms with van der Waals surface area (Å²) in [4.78, 5) is 4.09. The van der Waals surface area contributed by atoms with Crippen LogP contribution in [0.25, 0.3) is 22.7 Å². The Balaban J connectivity index is 1.58. The first-order valence-corrected chi connectivity index (χ1v) is 9.31. The Morgan fingerprint density at radius 3 is 2.58 bits per heavy atom. The molecule has 1 N–H and O–H groups in total. The highest BCUT2D eigenvalue weighted by Gasteiger charge is 2.16. The Hall–Kier alpha value is -3.33. The number of oxazole rings is 1. The second-order valence-corrected chi connectivity index (χ2v) is 7.57. The molecule has 0 atom stereocenters. The van der Waals surface area contributed by atoms with Gasteiger partial charge in [-0.25, -0.2) is 13.4 Å². The maximum absolute atomic E-state index is 12.7. The number of aromatic nitrogens is 5. The summed E-state index contributed by atoms with van der Waals surface area (Å²) in [5, 5.41) is 13.7. The molecule has 0 aliphatic rings. The van der Waals surface area contributed by atoms with Gasteiger partial charge in [0, 0.05) is 11.1 Å². The van der Waals surface area contributed by atoms with Crippen LogP contribution in [0.1, 0.15) is 5.56 Å². The molecule has 26 heavy (non-hydrogen) atoms. The van der Waals surface area contributed by atoms with Gasteiger partial charge in [0.2, 0.25) is 5.82 Å². The average molecular weight is 367 g/mol. The maximum Gasteiger partial charge on any atom is 0.204 e. The fraction of sp³-hybridized carbons (Fsp3) is 0.0588. The molecule has 9 heteroatoms. The number of rotatable bonds is 5. The lowest BCUT2D eigenvalue weighted by molar-refractivity contribution is 0.571. The van der Waals surface area contributed by atoms with Gasteiger partial charge >= 0.3 is 0 Å². The van der Waals surface area contributed by atoms with Crippen molar-refractivity contribution < 1.29 is 12.8 Å². The molecule has 2 aromatic carbocycles. The topological polar surface area (TPSA) is 115 Å². The van der Waals surface area contributed by atoms with Crippen molar-refractivity contribution in [3.8, 4) is 22.7 Å². The number of hydrogen-bond donors (Lipinski definition) is 1. The van der Waals surface area contributed by atoms with Crippen LogP contribution in [0.3, 0.4) is 0 Å². The van der Waals surface area contributed by atoms with Crippen molar-refractivity contribution in [3.05, 3.63) is 66.7 Å². The van der Waals surface area contributed by atoms with E-state index in [0.29, 0.717) is 22.7 Å². The smallest absolute Gasteiger partial charge is 0.204 e. The lowest BCUT2D eigenvalue weighted by Crippen LogP contribution is -2.05. The van der Waals surface area contributed by atoms with E-state index in [-0.39, 0.29) is 10.6 Å². The Morgan fingerprint density at radius 2 is 1.88 bits per heavy atom. The molecule has 0 saturated heterocycles. The van der Waals surface area contributed by atoms with Crippen LogP contribution in [-0.4, -0.2) is 34.0 Å². The number of sulfone groups is 1. The van der Waals surface area contributed by atoms with Gasteiger partial charge < -0.3 is 4.42 Å². The molecule has 0 saturated carbocycles. The van der Waals surface area contributed by atoms with Gasteiger partial charge in [0.1, 0.15) is 0 Å². The van der Waals surface area contributed by atoms with E-state index < -0.39 is 9.84 Å². The molecule has 0 amide bonds. The van der Waals surface area contributed by atoms with Crippen molar-refractivity contribution in [2.24, 2.45) is 0 Å². The summed E-state index contributed by atoms with van der Waals surface area (Å²) in [5.74, 6) is 0.878. The predicted octanol–water partition coefficient (Wildman–Crippen LogP) is 2.50. The molecule has 2 heterocycles.